The molecule has 1 saturated carbocycles. The van der Waals surface area contributed by atoms with E-state index in [-0.39, 0.29) is 10.8 Å². The lowest BCUT2D eigenvalue weighted by Gasteiger charge is -2.23. The van der Waals surface area contributed by atoms with Gasteiger partial charge in [0.05, 0.1) is 16.7 Å². The number of oxazole rings is 1. The number of fused-ring (bicyclic) bond motifs is 4. The molecule has 3 nitrogen and oxygen atoms in total. The Bertz CT molecular complexity index is 2810. The van der Waals surface area contributed by atoms with Crippen LogP contribution in [0.4, 0.5) is 0 Å². The van der Waals surface area contributed by atoms with Gasteiger partial charge in [-0.3, -0.25) is 0 Å². The molecule has 3 heteroatoms. The predicted molar refractivity (Wildman–Crippen MR) is 225 cm³/mol. The van der Waals surface area contributed by atoms with Crippen molar-refractivity contribution in [3.8, 4) is 50.5 Å². The van der Waals surface area contributed by atoms with Crippen LogP contribution in [0.25, 0.3) is 77.9 Å². The van der Waals surface area contributed by atoms with Gasteiger partial charge in [-0.05, 0) is 107 Å². The maximum absolute atomic E-state index is 6.58. The maximum Gasteiger partial charge on any atom is 0.227 e. The van der Waals surface area contributed by atoms with Gasteiger partial charge in [-0.15, -0.1) is 0 Å². The van der Waals surface area contributed by atoms with Crippen LogP contribution in [0, 0.1) is 10.8 Å². The van der Waals surface area contributed by atoms with E-state index in [0.717, 1.165) is 29.0 Å². The average Bonchev–Trinajstić information content (AvgIpc) is 3.49. The smallest absolute Gasteiger partial charge is 0.227 e. The fraction of sp³-hybridized carbons (Fsp3) is 0.157. The lowest BCUT2D eigenvalue weighted by molar-refractivity contribution is 0.450. The van der Waals surface area contributed by atoms with Gasteiger partial charge in [0.1, 0.15) is 0 Å². The zero-order valence-corrected chi connectivity index (χ0v) is 31.2. The molecule has 10 rings (SSSR count). The molecule has 2 aromatic heterocycles. The van der Waals surface area contributed by atoms with E-state index < -0.39 is 0 Å². The minimum Gasteiger partial charge on any atom is -0.436 e. The lowest BCUT2D eigenvalue weighted by Crippen LogP contribution is -2.16. The summed E-state index contributed by atoms with van der Waals surface area (Å²) in [6, 6.07) is 52.6. The fourth-order valence-corrected chi connectivity index (χ4v) is 8.97. The van der Waals surface area contributed by atoms with E-state index in [1.165, 1.54) is 72.9 Å². The molecule has 0 N–H and O–H groups in total. The zero-order chi connectivity index (χ0) is 36.6. The van der Waals surface area contributed by atoms with Crippen LogP contribution in [-0.2, 0) is 6.42 Å². The number of para-hydroxylation sites is 2. The standard InChI is InChI=1S/C51H42N2O/c1-5-33(2)44-30-51(32-50(51,3)4)31-45-48(44)54-49(52-45)35-25-23-34(24-26-35)38-17-9-11-19-40(38)41-20-12-10-18-39(41)36-27-28-47-43(29-36)42-21-13-14-22-46(42)53(47)37-15-7-6-8-16-37/h5-30H,31-32H2,1-4H3/b33-5+. The van der Waals surface area contributed by atoms with E-state index in [2.05, 4.69) is 190 Å². The summed E-state index contributed by atoms with van der Waals surface area (Å²) in [5.74, 6) is 1.63. The van der Waals surface area contributed by atoms with Gasteiger partial charge in [-0.1, -0.05) is 129 Å². The SMILES string of the molecule is C/C=C(\C)C1=CC2(Cc3nc(-c4ccc(-c5ccccc5-c5ccccc5-c5ccc6c(c5)c5ccccc5n6-c5ccccc5)cc4)oc31)CC2(C)C. The second-order valence-corrected chi connectivity index (χ2v) is 15.8. The minimum atomic E-state index is 0.171. The largest absolute Gasteiger partial charge is 0.436 e. The molecule has 1 atom stereocenters. The highest BCUT2D eigenvalue weighted by Crippen LogP contribution is 2.68. The average molecular weight is 699 g/mol. The molecule has 1 fully saturated rings. The van der Waals surface area contributed by atoms with Crippen molar-refractivity contribution in [2.75, 3.05) is 0 Å². The van der Waals surface area contributed by atoms with Crippen LogP contribution in [-0.4, -0.2) is 9.55 Å². The summed E-state index contributed by atoms with van der Waals surface area (Å²) in [5, 5.41) is 2.50. The number of hydrogen-bond acceptors (Lipinski definition) is 2. The van der Waals surface area contributed by atoms with Crippen molar-refractivity contribution in [1.29, 1.82) is 0 Å². The molecule has 1 unspecified atom stereocenters. The van der Waals surface area contributed by atoms with Crippen molar-refractivity contribution in [1.82, 2.24) is 9.55 Å². The van der Waals surface area contributed by atoms with Crippen LogP contribution in [0.15, 0.2) is 168 Å². The quantitative estimate of drug-likeness (QED) is 0.173. The molecule has 2 heterocycles. The van der Waals surface area contributed by atoms with E-state index in [9.17, 15) is 0 Å². The number of hydrogen-bond donors (Lipinski definition) is 0. The number of aromatic nitrogens is 2. The van der Waals surface area contributed by atoms with Crippen molar-refractivity contribution in [3.63, 3.8) is 0 Å². The van der Waals surface area contributed by atoms with E-state index in [1.807, 2.05) is 0 Å². The van der Waals surface area contributed by atoms with E-state index >= 15 is 0 Å². The number of nitrogens with zero attached hydrogens (tertiary/aromatic N) is 2. The first-order valence-electron chi connectivity index (χ1n) is 19.1. The van der Waals surface area contributed by atoms with Crippen molar-refractivity contribution >= 4 is 27.4 Å². The van der Waals surface area contributed by atoms with E-state index in [0.29, 0.717) is 5.89 Å². The third kappa shape index (κ3) is 5.06. The topological polar surface area (TPSA) is 31.0 Å². The van der Waals surface area contributed by atoms with Crippen molar-refractivity contribution in [2.24, 2.45) is 10.8 Å². The number of rotatable bonds is 6. The highest BCUT2D eigenvalue weighted by molar-refractivity contribution is 6.11. The summed E-state index contributed by atoms with van der Waals surface area (Å²) >= 11 is 0. The number of allylic oxidation sites excluding steroid dienone is 4. The molecule has 0 radical (unpaired) electrons. The van der Waals surface area contributed by atoms with Gasteiger partial charge in [-0.2, -0.15) is 0 Å². The Balaban J connectivity index is 1.02. The lowest BCUT2D eigenvalue weighted by atomic mass is 9.81. The first-order chi connectivity index (χ1) is 26.3. The highest BCUT2D eigenvalue weighted by atomic mass is 16.4. The summed E-state index contributed by atoms with van der Waals surface area (Å²) in [4.78, 5) is 5.12. The van der Waals surface area contributed by atoms with Crippen LogP contribution < -0.4 is 0 Å². The van der Waals surface area contributed by atoms with Gasteiger partial charge in [0, 0.05) is 39.4 Å². The molecule has 0 amide bonds. The van der Waals surface area contributed by atoms with Gasteiger partial charge in [-0.25, -0.2) is 4.98 Å². The first kappa shape index (κ1) is 32.5. The molecular formula is C51H42N2O. The maximum atomic E-state index is 6.58. The summed E-state index contributed by atoms with van der Waals surface area (Å²) < 4.78 is 8.95. The second kappa shape index (κ2) is 12.2. The van der Waals surface area contributed by atoms with Gasteiger partial charge >= 0.3 is 0 Å². The van der Waals surface area contributed by atoms with E-state index in [1.54, 1.807) is 0 Å². The van der Waals surface area contributed by atoms with Crippen LogP contribution in [0.3, 0.4) is 0 Å². The Labute approximate surface area is 317 Å². The van der Waals surface area contributed by atoms with Gasteiger partial charge in [0.25, 0.3) is 0 Å². The predicted octanol–water partition coefficient (Wildman–Crippen LogP) is 13.8. The van der Waals surface area contributed by atoms with Crippen molar-refractivity contribution in [2.45, 2.75) is 40.5 Å². The summed E-state index contributed by atoms with van der Waals surface area (Å²) in [7, 11) is 0. The minimum absolute atomic E-state index is 0.171. The third-order valence-corrected chi connectivity index (χ3v) is 12.3. The molecule has 1 spiro atoms. The molecular weight excluding hydrogens is 657 g/mol. The second-order valence-electron chi connectivity index (χ2n) is 15.8. The molecule has 0 aliphatic heterocycles. The number of benzene rings is 6. The van der Waals surface area contributed by atoms with Gasteiger partial charge < -0.3 is 8.98 Å². The molecule has 8 aromatic rings. The molecule has 0 saturated heterocycles. The van der Waals surface area contributed by atoms with Crippen molar-refractivity contribution in [3.05, 3.63) is 175 Å². The monoisotopic (exact) mass is 698 g/mol. The van der Waals surface area contributed by atoms with Gasteiger partial charge in [0.15, 0.2) is 5.76 Å². The van der Waals surface area contributed by atoms with Crippen LogP contribution in [0.5, 0.6) is 0 Å². The van der Waals surface area contributed by atoms with Gasteiger partial charge in [0.2, 0.25) is 5.89 Å². The molecule has 54 heavy (non-hydrogen) atoms. The molecule has 0 bridgehead atoms. The van der Waals surface area contributed by atoms with Crippen LogP contribution >= 0.6 is 0 Å². The molecule has 6 aromatic carbocycles. The highest BCUT2D eigenvalue weighted by Gasteiger charge is 2.61. The Morgan fingerprint density at radius 1 is 0.648 bits per heavy atom. The fourth-order valence-electron chi connectivity index (χ4n) is 8.97. The summed E-state index contributed by atoms with van der Waals surface area (Å²) in [6.45, 7) is 9.03. The molecule has 2 aliphatic rings. The van der Waals surface area contributed by atoms with Crippen molar-refractivity contribution < 1.29 is 4.42 Å². The normalized spacial score (nSPS) is 17.6. The third-order valence-electron chi connectivity index (χ3n) is 12.3. The Morgan fingerprint density at radius 3 is 1.91 bits per heavy atom. The van der Waals surface area contributed by atoms with Crippen LogP contribution in [0.2, 0.25) is 0 Å². The summed E-state index contributed by atoms with van der Waals surface area (Å²) in [6.07, 6.45) is 6.77. The Kier molecular flexibility index (Phi) is 7.32. The first-order valence-corrected chi connectivity index (χ1v) is 19.1. The van der Waals surface area contributed by atoms with Crippen LogP contribution in [0.1, 0.15) is 45.6 Å². The Hall–Kier alpha value is -6.19. The zero-order valence-electron chi connectivity index (χ0n) is 31.2. The molecule has 2 aliphatic carbocycles. The van der Waals surface area contributed by atoms with E-state index in [4.69, 9.17) is 9.40 Å². The Morgan fingerprint density at radius 2 is 1.22 bits per heavy atom. The summed E-state index contributed by atoms with van der Waals surface area (Å²) in [5.41, 5.74) is 15.7. The molecule has 262 valence electrons.